The maximum absolute atomic E-state index is 12.1. The van der Waals surface area contributed by atoms with E-state index < -0.39 is 5.91 Å². The number of primary amides is 1. The fraction of sp³-hybridized carbons (Fsp3) is 0.833. The molecule has 1 saturated carbocycles. The molecule has 0 radical (unpaired) electrons. The van der Waals surface area contributed by atoms with Crippen LogP contribution in [0.3, 0.4) is 0 Å². The second kappa shape index (κ2) is 6.00. The van der Waals surface area contributed by atoms with Crippen LogP contribution in [0.15, 0.2) is 0 Å². The lowest BCUT2D eigenvalue weighted by Gasteiger charge is -2.28. The second-order valence-electron chi connectivity index (χ2n) is 5.27. The Morgan fingerprint density at radius 1 is 1.35 bits per heavy atom. The van der Waals surface area contributed by atoms with E-state index in [1.165, 1.54) is 0 Å². The molecular weight excluding hydrogens is 220 g/mol. The summed E-state index contributed by atoms with van der Waals surface area (Å²) >= 11 is 0. The van der Waals surface area contributed by atoms with Crippen LogP contribution in [0, 0.1) is 11.3 Å². The van der Waals surface area contributed by atoms with E-state index in [1.54, 1.807) is 0 Å². The van der Waals surface area contributed by atoms with Crippen molar-refractivity contribution < 1.29 is 14.4 Å². The van der Waals surface area contributed by atoms with Gasteiger partial charge in [-0.1, -0.05) is 26.7 Å². The number of amides is 2. The SMILES string of the molecule is CC(C)CC1(C(=O)NOCC(N)=O)CCCC1. The number of hydrogen-bond acceptors (Lipinski definition) is 3. The maximum atomic E-state index is 12.1. The Balaban J connectivity index is 2.52. The number of carbonyl (C=O) groups excluding carboxylic acids is 2. The number of carbonyl (C=O) groups is 2. The van der Waals surface area contributed by atoms with Crippen molar-refractivity contribution >= 4 is 11.8 Å². The van der Waals surface area contributed by atoms with E-state index in [0.29, 0.717) is 5.92 Å². The molecule has 1 aliphatic carbocycles. The molecule has 0 bridgehead atoms. The lowest BCUT2D eigenvalue weighted by atomic mass is 9.78. The summed E-state index contributed by atoms with van der Waals surface area (Å²) in [6, 6.07) is 0. The summed E-state index contributed by atoms with van der Waals surface area (Å²) in [7, 11) is 0. The van der Waals surface area contributed by atoms with E-state index in [2.05, 4.69) is 19.3 Å². The van der Waals surface area contributed by atoms with Gasteiger partial charge in [0, 0.05) is 0 Å². The zero-order valence-corrected chi connectivity index (χ0v) is 10.6. The van der Waals surface area contributed by atoms with Crippen LogP contribution in [0.2, 0.25) is 0 Å². The summed E-state index contributed by atoms with van der Waals surface area (Å²) < 4.78 is 0. The van der Waals surface area contributed by atoms with Crippen molar-refractivity contribution in [3.8, 4) is 0 Å². The molecule has 1 rings (SSSR count). The summed E-state index contributed by atoms with van der Waals surface area (Å²) in [5.74, 6) is -0.227. The van der Waals surface area contributed by atoms with Gasteiger partial charge in [-0.3, -0.25) is 14.4 Å². The Labute approximate surface area is 102 Å². The Morgan fingerprint density at radius 2 is 1.94 bits per heavy atom. The fourth-order valence-corrected chi connectivity index (χ4v) is 2.64. The van der Waals surface area contributed by atoms with Gasteiger partial charge in [-0.15, -0.1) is 0 Å². The predicted molar refractivity (Wildman–Crippen MR) is 63.6 cm³/mol. The van der Waals surface area contributed by atoms with Crippen molar-refractivity contribution in [1.82, 2.24) is 5.48 Å². The summed E-state index contributed by atoms with van der Waals surface area (Å²) in [6.45, 7) is 3.94. The molecule has 0 aliphatic heterocycles. The van der Waals surface area contributed by atoms with Crippen molar-refractivity contribution in [1.29, 1.82) is 0 Å². The van der Waals surface area contributed by atoms with Crippen LogP contribution in [-0.4, -0.2) is 18.4 Å². The van der Waals surface area contributed by atoms with Gasteiger partial charge in [-0.2, -0.15) is 0 Å². The Morgan fingerprint density at radius 3 is 2.41 bits per heavy atom. The number of hydroxylamine groups is 1. The highest BCUT2D eigenvalue weighted by atomic mass is 16.7. The third kappa shape index (κ3) is 4.00. The maximum Gasteiger partial charge on any atom is 0.249 e. The minimum atomic E-state index is -0.588. The molecular formula is C12H22N2O3. The third-order valence-corrected chi connectivity index (χ3v) is 3.22. The first kappa shape index (κ1) is 14.0. The molecule has 17 heavy (non-hydrogen) atoms. The van der Waals surface area contributed by atoms with Gasteiger partial charge in [-0.25, -0.2) is 5.48 Å². The van der Waals surface area contributed by atoms with Crippen LogP contribution in [0.25, 0.3) is 0 Å². The molecule has 0 atom stereocenters. The first-order valence-electron chi connectivity index (χ1n) is 6.17. The van der Waals surface area contributed by atoms with Gasteiger partial charge in [0.15, 0.2) is 6.61 Å². The molecule has 98 valence electrons. The highest BCUT2D eigenvalue weighted by Gasteiger charge is 2.41. The van der Waals surface area contributed by atoms with Crippen molar-refractivity contribution in [3.63, 3.8) is 0 Å². The smallest absolute Gasteiger partial charge is 0.249 e. The molecule has 5 heteroatoms. The van der Waals surface area contributed by atoms with E-state index in [4.69, 9.17) is 10.6 Å². The molecule has 1 fully saturated rings. The standard InChI is InChI=1S/C12H22N2O3/c1-9(2)7-12(5-3-4-6-12)11(16)14-17-8-10(13)15/h9H,3-8H2,1-2H3,(H2,13,15)(H,14,16). The van der Waals surface area contributed by atoms with Gasteiger partial charge >= 0.3 is 0 Å². The van der Waals surface area contributed by atoms with Crippen LogP contribution in [0.4, 0.5) is 0 Å². The molecule has 0 heterocycles. The van der Waals surface area contributed by atoms with Crippen molar-refractivity contribution in [2.24, 2.45) is 17.1 Å². The van der Waals surface area contributed by atoms with Crippen LogP contribution in [0.1, 0.15) is 46.0 Å². The first-order chi connectivity index (χ1) is 7.96. The number of hydrogen-bond donors (Lipinski definition) is 2. The van der Waals surface area contributed by atoms with Crippen LogP contribution >= 0.6 is 0 Å². The summed E-state index contributed by atoms with van der Waals surface area (Å²) in [4.78, 5) is 27.4. The third-order valence-electron chi connectivity index (χ3n) is 3.22. The minimum absolute atomic E-state index is 0.107. The largest absolute Gasteiger partial charge is 0.368 e. The van der Waals surface area contributed by atoms with Gasteiger partial charge in [0.1, 0.15) is 0 Å². The van der Waals surface area contributed by atoms with E-state index >= 15 is 0 Å². The van der Waals surface area contributed by atoms with Crippen LogP contribution < -0.4 is 11.2 Å². The molecule has 0 unspecified atom stereocenters. The lowest BCUT2D eigenvalue weighted by Crippen LogP contribution is -2.41. The molecule has 0 aromatic heterocycles. The van der Waals surface area contributed by atoms with Gasteiger partial charge in [0.05, 0.1) is 5.41 Å². The molecule has 5 nitrogen and oxygen atoms in total. The quantitative estimate of drug-likeness (QED) is 0.685. The molecule has 0 aromatic rings. The first-order valence-corrected chi connectivity index (χ1v) is 6.17. The molecule has 0 spiro atoms. The van der Waals surface area contributed by atoms with Crippen LogP contribution in [0.5, 0.6) is 0 Å². The summed E-state index contributed by atoms with van der Waals surface area (Å²) in [5, 5.41) is 0. The van der Waals surface area contributed by atoms with E-state index in [9.17, 15) is 9.59 Å². The lowest BCUT2D eigenvalue weighted by molar-refractivity contribution is -0.147. The molecule has 1 aliphatic rings. The Bertz CT molecular complexity index is 283. The number of rotatable bonds is 6. The van der Waals surface area contributed by atoms with Crippen molar-refractivity contribution in [2.45, 2.75) is 46.0 Å². The Kier molecular flexibility index (Phi) is 4.93. The minimum Gasteiger partial charge on any atom is -0.368 e. The summed E-state index contributed by atoms with van der Waals surface area (Å²) in [6.07, 6.45) is 4.82. The fourth-order valence-electron chi connectivity index (χ4n) is 2.64. The number of nitrogens with one attached hydrogen (secondary N) is 1. The molecule has 0 aromatic carbocycles. The Hall–Kier alpha value is -1.10. The van der Waals surface area contributed by atoms with Crippen LogP contribution in [-0.2, 0) is 14.4 Å². The number of nitrogens with two attached hydrogens (primary N) is 1. The molecule has 2 amide bonds. The van der Waals surface area contributed by atoms with E-state index in [-0.39, 0.29) is 17.9 Å². The summed E-state index contributed by atoms with van der Waals surface area (Å²) in [5.41, 5.74) is 6.98. The highest BCUT2D eigenvalue weighted by molar-refractivity contribution is 5.82. The highest BCUT2D eigenvalue weighted by Crippen LogP contribution is 2.43. The van der Waals surface area contributed by atoms with E-state index in [1.807, 2.05) is 0 Å². The van der Waals surface area contributed by atoms with E-state index in [0.717, 1.165) is 32.1 Å². The predicted octanol–water partition coefficient (Wildman–Crippen LogP) is 1.13. The zero-order chi connectivity index (χ0) is 12.9. The van der Waals surface area contributed by atoms with Gasteiger partial charge in [0.2, 0.25) is 11.8 Å². The average molecular weight is 242 g/mol. The second-order valence-corrected chi connectivity index (χ2v) is 5.27. The van der Waals surface area contributed by atoms with Gasteiger partial charge < -0.3 is 5.73 Å². The van der Waals surface area contributed by atoms with Crippen molar-refractivity contribution in [3.05, 3.63) is 0 Å². The average Bonchev–Trinajstić information content (AvgIpc) is 2.65. The van der Waals surface area contributed by atoms with Gasteiger partial charge in [0.25, 0.3) is 0 Å². The van der Waals surface area contributed by atoms with Crippen molar-refractivity contribution in [2.75, 3.05) is 6.61 Å². The zero-order valence-electron chi connectivity index (χ0n) is 10.6. The topological polar surface area (TPSA) is 81.4 Å². The monoisotopic (exact) mass is 242 g/mol. The molecule has 0 saturated heterocycles. The normalized spacial score (nSPS) is 18.3. The molecule has 3 N–H and O–H groups in total. The van der Waals surface area contributed by atoms with Gasteiger partial charge in [-0.05, 0) is 25.2 Å².